The summed E-state index contributed by atoms with van der Waals surface area (Å²) in [5.41, 5.74) is 0.497. The summed E-state index contributed by atoms with van der Waals surface area (Å²) in [5.74, 6) is -0.551. The van der Waals surface area contributed by atoms with Gasteiger partial charge in [0.15, 0.2) is 0 Å². The molecule has 2 heterocycles. The first-order valence-corrected chi connectivity index (χ1v) is 7.93. The van der Waals surface area contributed by atoms with Gasteiger partial charge in [-0.25, -0.2) is 4.98 Å². The number of carbonyl (C=O) groups is 2. The molecule has 126 valence electrons. The standard InChI is InChI=1S/C15H24N6O2/c22-14-12-2-1-3-13(21-12)15(23)20-11-9-18-7-5-16-4-6-17-8-10-19-14/h1-3,16-18H,4-11H2,(H,19,22)(H,20,23)/p+2. The maximum Gasteiger partial charge on any atom is 1.00 e. The molecule has 0 spiro atoms. The van der Waals surface area contributed by atoms with Gasteiger partial charge >= 0.3 is 2.85 Å². The van der Waals surface area contributed by atoms with Gasteiger partial charge in [0.25, 0.3) is 11.8 Å². The monoisotopic (exact) mass is 322 g/mol. The predicted octanol–water partition coefficient (Wildman–Crippen LogP) is -1.45. The van der Waals surface area contributed by atoms with Crippen LogP contribution in [0.2, 0.25) is 0 Å². The SMILES string of the molecule is O=C1NCCNCCNCCNCCNC(=O)c2cccc1n2.[H+].[H+]. The predicted molar refractivity (Wildman–Crippen MR) is 89.7 cm³/mol. The van der Waals surface area contributed by atoms with E-state index in [9.17, 15) is 9.59 Å². The molecule has 8 nitrogen and oxygen atoms in total. The van der Waals surface area contributed by atoms with Gasteiger partial charge in [-0.1, -0.05) is 6.07 Å². The molecular formula is C15H26N6O2+2. The zero-order valence-corrected chi connectivity index (χ0v) is 13.2. The van der Waals surface area contributed by atoms with Crippen molar-refractivity contribution >= 4 is 11.8 Å². The second-order valence-electron chi connectivity index (χ2n) is 5.17. The number of aromatic nitrogens is 1. The number of fused-ring (bicyclic) bond motifs is 2. The third-order valence-corrected chi connectivity index (χ3v) is 3.35. The molecule has 23 heavy (non-hydrogen) atoms. The average Bonchev–Trinajstić information content (AvgIpc) is 2.58. The lowest BCUT2D eigenvalue weighted by Crippen LogP contribution is -2.38. The number of nitrogens with zero attached hydrogens (tertiary/aromatic N) is 1. The molecule has 1 aromatic heterocycles. The van der Waals surface area contributed by atoms with E-state index in [1.807, 2.05) is 0 Å². The van der Waals surface area contributed by atoms with E-state index in [1.165, 1.54) is 0 Å². The summed E-state index contributed by atoms with van der Waals surface area (Å²) in [6.45, 7) is 5.83. The molecule has 0 fully saturated rings. The molecule has 2 amide bonds. The van der Waals surface area contributed by atoms with Crippen LogP contribution in [0.5, 0.6) is 0 Å². The van der Waals surface area contributed by atoms with Crippen LogP contribution in [0.1, 0.15) is 23.8 Å². The van der Waals surface area contributed by atoms with Crippen LogP contribution in [0, 0.1) is 0 Å². The first-order valence-electron chi connectivity index (χ1n) is 7.93. The highest BCUT2D eigenvalue weighted by Crippen LogP contribution is 1.99. The smallest absolute Gasteiger partial charge is 0.349 e. The largest absolute Gasteiger partial charge is 1.00 e. The van der Waals surface area contributed by atoms with Gasteiger partial charge < -0.3 is 26.6 Å². The van der Waals surface area contributed by atoms with Gasteiger partial charge in [0.2, 0.25) is 0 Å². The van der Waals surface area contributed by atoms with Gasteiger partial charge in [-0.2, -0.15) is 0 Å². The van der Waals surface area contributed by atoms with Crippen molar-refractivity contribution in [3.8, 4) is 0 Å². The fourth-order valence-electron chi connectivity index (χ4n) is 2.13. The lowest BCUT2D eigenvalue weighted by atomic mass is 10.2. The zero-order chi connectivity index (χ0) is 16.3. The fraction of sp³-hybridized carbons (Fsp3) is 0.533. The quantitative estimate of drug-likeness (QED) is 0.400. The normalized spacial score (nSPS) is 19.1. The van der Waals surface area contributed by atoms with Crippen molar-refractivity contribution in [2.45, 2.75) is 0 Å². The fourth-order valence-corrected chi connectivity index (χ4v) is 2.13. The van der Waals surface area contributed by atoms with Crippen LogP contribution in [0.4, 0.5) is 0 Å². The highest BCUT2D eigenvalue weighted by Gasteiger charge is 2.11. The van der Waals surface area contributed by atoms with Gasteiger partial charge in [0, 0.05) is 52.4 Å². The maximum atomic E-state index is 12.0. The number of rotatable bonds is 0. The van der Waals surface area contributed by atoms with Crippen LogP contribution in [0.15, 0.2) is 18.2 Å². The molecule has 1 aromatic rings. The van der Waals surface area contributed by atoms with Crippen molar-refractivity contribution in [1.82, 2.24) is 31.6 Å². The molecule has 8 heteroatoms. The highest BCUT2D eigenvalue weighted by molar-refractivity contribution is 5.96. The Hall–Kier alpha value is -2.03. The van der Waals surface area contributed by atoms with Crippen LogP contribution < -0.4 is 26.6 Å². The van der Waals surface area contributed by atoms with Crippen molar-refractivity contribution in [2.24, 2.45) is 0 Å². The molecule has 5 N–H and O–H groups in total. The summed E-state index contributed by atoms with van der Waals surface area (Å²) in [6, 6.07) is 4.87. The Morgan fingerprint density at radius 1 is 0.696 bits per heavy atom. The van der Waals surface area contributed by atoms with E-state index >= 15 is 0 Å². The lowest BCUT2D eigenvalue weighted by molar-refractivity contribution is 0.0944. The Bertz CT molecular complexity index is 491. The minimum Gasteiger partial charge on any atom is -0.349 e. The Morgan fingerprint density at radius 3 is 1.52 bits per heavy atom. The molecule has 2 bridgehead atoms. The van der Waals surface area contributed by atoms with E-state index in [4.69, 9.17) is 0 Å². The topological polar surface area (TPSA) is 107 Å². The Morgan fingerprint density at radius 2 is 1.09 bits per heavy atom. The Labute approximate surface area is 138 Å². The lowest BCUT2D eigenvalue weighted by Gasteiger charge is -2.10. The summed E-state index contributed by atoms with van der Waals surface area (Å²) in [4.78, 5) is 28.2. The molecule has 0 aliphatic carbocycles. The zero-order valence-electron chi connectivity index (χ0n) is 15.2. The summed E-state index contributed by atoms with van der Waals surface area (Å²) in [7, 11) is 0. The molecule has 0 radical (unpaired) electrons. The maximum absolute atomic E-state index is 12.0. The van der Waals surface area contributed by atoms with Crippen molar-refractivity contribution in [3.63, 3.8) is 0 Å². The molecule has 0 atom stereocenters. The van der Waals surface area contributed by atoms with Crippen LogP contribution in [0.3, 0.4) is 0 Å². The van der Waals surface area contributed by atoms with E-state index in [-0.39, 0.29) is 26.1 Å². The van der Waals surface area contributed by atoms with Crippen LogP contribution in [0.25, 0.3) is 0 Å². The van der Waals surface area contributed by atoms with Crippen LogP contribution >= 0.6 is 0 Å². The van der Waals surface area contributed by atoms with E-state index in [0.29, 0.717) is 26.2 Å². The van der Waals surface area contributed by atoms with E-state index in [1.54, 1.807) is 18.2 Å². The molecule has 1 aliphatic heterocycles. The van der Waals surface area contributed by atoms with Gasteiger partial charge in [0.05, 0.1) is 0 Å². The number of carbonyl (C=O) groups excluding carboxylic acids is 2. The minimum atomic E-state index is -0.276. The molecule has 2 rings (SSSR count). The first kappa shape index (κ1) is 17.3. The van der Waals surface area contributed by atoms with E-state index < -0.39 is 0 Å². The summed E-state index contributed by atoms with van der Waals surface area (Å²) < 4.78 is 0. The first-order chi connectivity index (χ1) is 11.3. The summed E-state index contributed by atoms with van der Waals surface area (Å²) >= 11 is 0. The minimum absolute atomic E-state index is 0. The number of amides is 2. The summed E-state index contributed by atoms with van der Waals surface area (Å²) in [6.07, 6.45) is 0. The van der Waals surface area contributed by atoms with E-state index in [2.05, 4.69) is 31.6 Å². The Kier molecular flexibility index (Phi) is 7.44. The van der Waals surface area contributed by atoms with Crippen molar-refractivity contribution in [3.05, 3.63) is 29.6 Å². The van der Waals surface area contributed by atoms with Crippen molar-refractivity contribution < 1.29 is 12.4 Å². The number of hydrogen-bond donors (Lipinski definition) is 5. The second-order valence-corrected chi connectivity index (χ2v) is 5.17. The molecule has 1 aliphatic rings. The average molecular weight is 322 g/mol. The van der Waals surface area contributed by atoms with Crippen molar-refractivity contribution in [1.29, 1.82) is 0 Å². The van der Waals surface area contributed by atoms with Crippen LogP contribution in [-0.2, 0) is 0 Å². The Balaban J connectivity index is 0.00000288. The second kappa shape index (κ2) is 9.88. The molecule has 0 saturated carbocycles. The molecule has 0 saturated heterocycles. The van der Waals surface area contributed by atoms with Gasteiger partial charge in [-0.05, 0) is 12.1 Å². The molecule has 0 unspecified atom stereocenters. The number of nitrogens with one attached hydrogen (secondary N) is 5. The third-order valence-electron chi connectivity index (χ3n) is 3.35. The third kappa shape index (κ3) is 6.31. The number of hydrogen-bond acceptors (Lipinski definition) is 6. The highest BCUT2D eigenvalue weighted by atomic mass is 16.2. The van der Waals surface area contributed by atoms with E-state index in [0.717, 1.165) is 26.2 Å². The molecular weight excluding hydrogens is 296 g/mol. The van der Waals surface area contributed by atoms with Gasteiger partial charge in [-0.3, -0.25) is 9.59 Å². The van der Waals surface area contributed by atoms with Gasteiger partial charge in [0.1, 0.15) is 11.4 Å². The van der Waals surface area contributed by atoms with Gasteiger partial charge in [-0.15, -0.1) is 0 Å². The van der Waals surface area contributed by atoms with Crippen LogP contribution in [-0.4, -0.2) is 69.2 Å². The van der Waals surface area contributed by atoms with Crippen molar-refractivity contribution in [2.75, 3.05) is 52.4 Å². The number of pyridine rings is 1. The summed E-state index contributed by atoms with van der Waals surface area (Å²) in [5, 5.41) is 15.4. The molecule has 0 aromatic carbocycles.